The van der Waals surface area contributed by atoms with E-state index in [1.54, 1.807) is 0 Å². The molecule has 0 spiro atoms. The molecule has 0 aliphatic rings. The number of aromatic hydroxyl groups is 2. The molecule has 0 aliphatic carbocycles. The molecule has 3 rings (SSSR count). The van der Waals surface area contributed by atoms with Crippen molar-refractivity contribution in [1.82, 2.24) is 0 Å². The highest BCUT2D eigenvalue weighted by Crippen LogP contribution is 2.33. The Hall–Kier alpha value is -3.06. The van der Waals surface area contributed by atoms with Gasteiger partial charge in [0.2, 0.25) is 5.43 Å². The Morgan fingerprint density at radius 3 is 2.48 bits per heavy atom. The first-order chi connectivity index (χ1) is 11.0. The lowest BCUT2D eigenvalue weighted by atomic mass is 10.1. The molecule has 0 fully saturated rings. The van der Waals surface area contributed by atoms with Crippen molar-refractivity contribution < 1.29 is 24.5 Å². The summed E-state index contributed by atoms with van der Waals surface area (Å²) < 4.78 is 10.2. The maximum absolute atomic E-state index is 12.8. The molecule has 0 unspecified atom stereocenters. The third kappa shape index (κ3) is 2.18. The number of hydrogen-bond acceptors (Lipinski definition) is 7. The van der Waals surface area contributed by atoms with Gasteiger partial charge in [-0.05, 0) is 29.8 Å². The molecule has 1 heterocycles. The van der Waals surface area contributed by atoms with Crippen LogP contribution in [0.15, 0.2) is 38.3 Å². The Bertz CT molecular complexity index is 1050. The number of aliphatic hydroxyl groups excluding tert-OH is 1. The fourth-order valence-electron chi connectivity index (χ4n) is 2.51. The molecule has 0 saturated carbocycles. The van der Waals surface area contributed by atoms with Gasteiger partial charge in [0.1, 0.15) is 16.7 Å². The average molecular weight is 316 g/mol. The second-order valence-corrected chi connectivity index (χ2v) is 4.91. The van der Waals surface area contributed by atoms with Crippen molar-refractivity contribution >= 4 is 21.7 Å². The number of aliphatic hydroxyl groups is 1. The third-order valence-electron chi connectivity index (χ3n) is 3.54. The molecule has 7 heteroatoms. The van der Waals surface area contributed by atoms with Gasteiger partial charge in [-0.25, -0.2) is 4.79 Å². The predicted molar refractivity (Wildman–Crippen MR) is 82.1 cm³/mol. The van der Waals surface area contributed by atoms with E-state index in [9.17, 15) is 19.8 Å². The fourth-order valence-corrected chi connectivity index (χ4v) is 2.51. The number of phenolic OH excluding ortho intramolecular Hbond substituents is 2. The summed E-state index contributed by atoms with van der Waals surface area (Å²) in [4.78, 5) is 25.0. The SMILES string of the molecule is COc1c(O)ccc2c(=O)oc3cc(CO)cc(O)c3c(=O)c12. The van der Waals surface area contributed by atoms with Crippen molar-refractivity contribution in [3.05, 3.63) is 50.5 Å². The Morgan fingerprint density at radius 1 is 1.09 bits per heavy atom. The number of fused-ring (bicyclic) bond motifs is 2. The van der Waals surface area contributed by atoms with Gasteiger partial charge in [0.25, 0.3) is 0 Å². The zero-order chi connectivity index (χ0) is 16.7. The van der Waals surface area contributed by atoms with Gasteiger partial charge in [0.05, 0.1) is 24.5 Å². The van der Waals surface area contributed by atoms with Crippen LogP contribution < -0.4 is 15.8 Å². The van der Waals surface area contributed by atoms with Crippen molar-refractivity contribution in [2.75, 3.05) is 7.11 Å². The second-order valence-electron chi connectivity index (χ2n) is 4.91. The molecule has 0 bridgehead atoms. The fraction of sp³-hybridized carbons (Fsp3) is 0.125. The maximum Gasteiger partial charge on any atom is 0.344 e. The van der Waals surface area contributed by atoms with Gasteiger partial charge in [-0.1, -0.05) is 0 Å². The summed E-state index contributed by atoms with van der Waals surface area (Å²) in [5.74, 6) is -0.937. The Morgan fingerprint density at radius 2 is 1.83 bits per heavy atom. The summed E-state index contributed by atoms with van der Waals surface area (Å²) in [6.45, 7) is -0.399. The summed E-state index contributed by atoms with van der Waals surface area (Å²) in [5.41, 5.74) is -1.44. The Kier molecular flexibility index (Phi) is 3.42. The average Bonchev–Trinajstić information content (AvgIpc) is 2.62. The molecule has 2 aromatic carbocycles. The summed E-state index contributed by atoms with van der Waals surface area (Å²) in [5, 5.41) is 28.6. The van der Waals surface area contributed by atoms with E-state index >= 15 is 0 Å². The topological polar surface area (TPSA) is 117 Å². The standard InChI is InChI=1S/C16H12O7/c1-22-15-9(18)3-2-8-12(15)14(20)13-10(19)4-7(6-17)5-11(13)23-16(8)21/h2-5,17-19H,6H2,1H3. The van der Waals surface area contributed by atoms with Gasteiger partial charge in [-0.2, -0.15) is 0 Å². The molecule has 0 saturated heterocycles. The van der Waals surface area contributed by atoms with Gasteiger partial charge < -0.3 is 24.5 Å². The van der Waals surface area contributed by atoms with Crippen LogP contribution in [0.3, 0.4) is 0 Å². The molecular weight excluding hydrogens is 304 g/mol. The van der Waals surface area contributed by atoms with E-state index in [4.69, 9.17) is 14.3 Å². The zero-order valence-electron chi connectivity index (χ0n) is 12.0. The first kappa shape index (κ1) is 14.9. The molecule has 1 aromatic heterocycles. The van der Waals surface area contributed by atoms with Crippen molar-refractivity contribution in [3.8, 4) is 17.2 Å². The summed E-state index contributed by atoms with van der Waals surface area (Å²) in [6, 6.07) is 4.94. The van der Waals surface area contributed by atoms with Crippen molar-refractivity contribution in [2.24, 2.45) is 0 Å². The van der Waals surface area contributed by atoms with Gasteiger partial charge in [-0.3, -0.25) is 4.79 Å². The van der Waals surface area contributed by atoms with Gasteiger partial charge in [0, 0.05) is 0 Å². The number of benzene rings is 2. The van der Waals surface area contributed by atoms with E-state index < -0.39 is 23.4 Å². The molecule has 0 atom stereocenters. The monoisotopic (exact) mass is 316 g/mol. The highest BCUT2D eigenvalue weighted by molar-refractivity contribution is 5.96. The van der Waals surface area contributed by atoms with E-state index in [0.717, 1.165) is 0 Å². The number of hydrogen-bond donors (Lipinski definition) is 3. The Balaban J connectivity index is 2.71. The molecular formula is C16H12O7. The van der Waals surface area contributed by atoms with E-state index in [1.807, 2.05) is 0 Å². The van der Waals surface area contributed by atoms with E-state index in [0.29, 0.717) is 0 Å². The Labute approximate surface area is 128 Å². The van der Waals surface area contributed by atoms with Crippen LogP contribution in [0.4, 0.5) is 0 Å². The summed E-state index contributed by atoms with van der Waals surface area (Å²) in [7, 11) is 1.24. The second kappa shape index (κ2) is 5.29. The molecule has 118 valence electrons. The first-order valence-corrected chi connectivity index (χ1v) is 6.61. The molecule has 0 radical (unpaired) electrons. The highest BCUT2D eigenvalue weighted by atomic mass is 16.5. The smallest absolute Gasteiger partial charge is 0.344 e. The van der Waals surface area contributed by atoms with Crippen molar-refractivity contribution in [3.63, 3.8) is 0 Å². The van der Waals surface area contributed by atoms with Crippen LogP contribution in [-0.4, -0.2) is 22.4 Å². The highest BCUT2D eigenvalue weighted by Gasteiger charge is 2.18. The van der Waals surface area contributed by atoms with Crippen molar-refractivity contribution in [1.29, 1.82) is 0 Å². The van der Waals surface area contributed by atoms with Crippen molar-refractivity contribution in [2.45, 2.75) is 6.61 Å². The number of ether oxygens (including phenoxy) is 1. The summed E-state index contributed by atoms with van der Waals surface area (Å²) >= 11 is 0. The van der Waals surface area contributed by atoms with Gasteiger partial charge in [0.15, 0.2) is 11.5 Å². The van der Waals surface area contributed by atoms with Crippen LogP contribution in [-0.2, 0) is 6.61 Å². The summed E-state index contributed by atoms with van der Waals surface area (Å²) in [6.07, 6.45) is 0. The number of methoxy groups -OCH3 is 1. The first-order valence-electron chi connectivity index (χ1n) is 6.61. The normalized spacial score (nSPS) is 11.0. The zero-order valence-corrected chi connectivity index (χ0v) is 12.0. The third-order valence-corrected chi connectivity index (χ3v) is 3.54. The van der Waals surface area contributed by atoms with Crippen LogP contribution in [0.1, 0.15) is 5.56 Å². The quantitative estimate of drug-likeness (QED) is 0.650. The molecule has 7 nitrogen and oxygen atoms in total. The molecule has 0 aliphatic heterocycles. The van der Waals surface area contributed by atoms with E-state index in [1.165, 1.54) is 31.4 Å². The lowest BCUT2D eigenvalue weighted by Gasteiger charge is -2.04. The van der Waals surface area contributed by atoms with E-state index in [-0.39, 0.29) is 38.8 Å². The minimum Gasteiger partial charge on any atom is -0.507 e. The van der Waals surface area contributed by atoms with Crippen LogP contribution in [0.2, 0.25) is 0 Å². The van der Waals surface area contributed by atoms with E-state index in [2.05, 4.69) is 0 Å². The van der Waals surface area contributed by atoms with Crippen LogP contribution in [0.5, 0.6) is 17.2 Å². The minimum absolute atomic E-state index is 0.0919. The van der Waals surface area contributed by atoms with Crippen LogP contribution >= 0.6 is 0 Å². The van der Waals surface area contributed by atoms with Crippen LogP contribution in [0, 0.1) is 0 Å². The molecule has 3 aromatic rings. The molecule has 23 heavy (non-hydrogen) atoms. The van der Waals surface area contributed by atoms with Gasteiger partial charge in [-0.15, -0.1) is 0 Å². The largest absolute Gasteiger partial charge is 0.507 e. The minimum atomic E-state index is -0.833. The number of phenols is 2. The van der Waals surface area contributed by atoms with Gasteiger partial charge >= 0.3 is 5.63 Å². The lowest BCUT2D eigenvalue weighted by molar-refractivity contribution is 0.281. The van der Waals surface area contributed by atoms with Crippen LogP contribution in [0.25, 0.3) is 21.7 Å². The maximum atomic E-state index is 12.8. The number of rotatable bonds is 2. The molecule has 0 amide bonds. The molecule has 3 N–H and O–H groups in total. The predicted octanol–water partition coefficient (Wildman–Crippen LogP) is 1.22. The lowest BCUT2D eigenvalue weighted by Crippen LogP contribution is -2.04.